The number of anilines is 1. The molecule has 0 fully saturated rings. The molecule has 1 aromatic carbocycles. The van der Waals surface area contributed by atoms with E-state index in [1.54, 1.807) is 29.2 Å². The van der Waals surface area contributed by atoms with Gasteiger partial charge in [0.2, 0.25) is 11.8 Å². The van der Waals surface area contributed by atoms with Gasteiger partial charge in [0.05, 0.1) is 0 Å². The van der Waals surface area contributed by atoms with Crippen LogP contribution in [0.2, 0.25) is 5.02 Å². The highest BCUT2D eigenvalue weighted by molar-refractivity contribution is 6.30. The highest BCUT2D eigenvalue weighted by Gasteiger charge is 2.13. The number of hydrogen-bond acceptors (Lipinski definition) is 2. The zero-order chi connectivity index (χ0) is 15.7. The van der Waals surface area contributed by atoms with Crippen LogP contribution in [-0.4, -0.2) is 24.9 Å². The first-order chi connectivity index (χ1) is 10.0. The van der Waals surface area contributed by atoms with Crippen LogP contribution in [0.5, 0.6) is 0 Å². The molecule has 1 rings (SSSR count). The van der Waals surface area contributed by atoms with Gasteiger partial charge in [-0.3, -0.25) is 9.59 Å². The summed E-state index contributed by atoms with van der Waals surface area (Å²) in [5.41, 5.74) is 0.755. The molecule has 0 radical (unpaired) electrons. The minimum atomic E-state index is -0.0869. The van der Waals surface area contributed by atoms with Crippen molar-refractivity contribution in [2.45, 2.75) is 39.5 Å². The Morgan fingerprint density at radius 2 is 1.86 bits per heavy atom. The number of carbonyl (C=O) groups is 2. The van der Waals surface area contributed by atoms with Gasteiger partial charge in [0, 0.05) is 37.1 Å². The van der Waals surface area contributed by atoms with Gasteiger partial charge < -0.3 is 10.2 Å². The van der Waals surface area contributed by atoms with Crippen molar-refractivity contribution in [3.8, 4) is 0 Å². The third-order valence-electron chi connectivity index (χ3n) is 3.18. The van der Waals surface area contributed by atoms with E-state index in [4.69, 9.17) is 11.6 Å². The average Bonchev–Trinajstić information content (AvgIpc) is 2.45. The van der Waals surface area contributed by atoms with Crippen LogP contribution in [-0.2, 0) is 9.59 Å². The summed E-state index contributed by atoms with van der Waals surface area (Å²) in [4.78, 5) is 25.0. The summed E-state index contributed by atoms with van der Waals surface area (Å²) in [5, 5.41) is 3.50. The highest BCUT2D eigenvalue weighted by atomic mass is 35.5. The van der Waals surface area contributed by atoms with Crippen molar-refractivity contribution in [3.05, 3.63) is 29.3 Å². The Morgan fingerprint density at radius 1 is 1.19 bits per heavy atom. The van der Waals surface area contributed by atoms with Crippen LogP contribution in [0.4, 0.5) is 5.69 Å². The van der Waals surface area contributed by atoms with Crippen LogP contribution in [0, 0.1) is 0 Å². The molecule has 116 valence electrons. The first-order valence-corrected chi connectivity index (χ1v) is 7.72. The van der Waals surface area contributed by atoms with Gasteiger partial charge in [-0.1, -0.05) is 31.4 Å². The molecule has 0 saturated heterocycles. The lowest BCUT2D eigenvalue weighted by Gasteiger charge is -2.21. The molecule has 21 heavy (non-hydrogen) atoms. The summed E-state index contributed by atoms with van der Waals surface area (Å²) in [6.07, 6.45) is 3.54. The average molecular weight is 311 g/mol. The summed E-state index contributed by atoms with van der Waals surface area (Å²) >= 11 is 5.84. The van der Waals surface area contributed by atoms with E-state index < -0.39 is 0 Å². The fourth-order valence-electron chi connectivity index (χ4n) is 1.99. The topological polar surface area (TPSA) is 49.4 Å². The summed E-state index contributed by atoms with van der Waals surface area (Å²) in [6, 6.07) is 7.03. The van der Waals surface area contributed by atoms with Crippen molar-refractivity contribution in [2.24, 2.45) is 0 Å². The normalized spacial score (nSPS) is 10.2. The maximum atomic E-state index is 11.7. The van der Waals surface area contributed by atoms with E-state index >= 15 is 0 Å². The standard InChI is InChI=1S/C16H23ClN2O2/c1-3-4-5-11-18-16(21)10-12-19(13(2)20)15-8-6-14(17)7-9-15/h6-9H,3-5,10-12H2,1-2H3,(H,18,21). The Kier molecular flexibility index (Phi) is 7.83. The number of unbranched alkanes of at least 4 members (excludes halogenated alkanes) is 2. The largest absolute Gasteiger partial charge is 0.356 e. The number of benzene rings is 1. The fraction of sp³-hybridized carbons (Fsp3) is 0.500. The lowest BCUT2D eigenvalue weighted by molar-refractivity contribution is -0.121. The van der Waals surface area contributed by atoms with Crippen molar-refractivity contribution in [1.82, 2.24) is 5.32 Å². The van der Waals surface area contributed by atoms with E-state index in [1.807, 2.05) is 0 Å². The molecule has 0 bridgehead atoms. The molecule has 0 aromatic heterocycles. The van der Waals surface area contributed by atoms with Crippen LogP contribution >= 0.6 is 11.6 Å². The predicted molar refractivity (Wildman–Crippen MR) is 86.6 cm³/mol. The number of nitrogens with zero attached hydrogens (tertiary/aromatic N) is 1. The highest BCUT2D eigenvalue weighted by Crippen LogP contribution is 2.18. The Balaban J connectivity index is 2.46. The van der Waals surface area contributed by atoms with E-state index in [0.717, 1.165) is 24.9 Å². The molecule has 0 heterocycles. The molecule has 4 nitrogen and oxygen atoms in total. The predicted octanol–water partition coefficient (Wildman–Crippen LogP) is 3.39. The smallest absolute Gasteiger partial charge is 0.223 e. The Labute approximate surface area is 131 Å². The van der Waals surface area contributed by atoms with E-state index in [1.165, 1.54) is 6.92 Å². The summed E-state index contributed by atoms with van der Waals surface area (Å²) in [5.74, 6) is -0.109. The van der Waals surface area contributed by atoms with Gasteiger partial charge in [-0.2, -0.15) is 0 Å². The molecular formula is C16H23ClN2O2. The number of nitrogens with one attached hydrogen (secondary N) is 1. The minimum absolute atomic E-state index is 0.0219. The number of rotatable bonds is 8. The zero-order valence-electron chi connectivity index (χ0n) is 12.7. The summed E-state index contributed by atoms with van der Waals surface area (Å²) in [7, 11) is 0. The third-order valence-corrected chi connectivity index (χ3v) is 3.44. The van der Waals surface area contributed by atoms with Gasteiger partial charge >= 0.3 is 0 Å². The fourth-order valence-corrected chi connectivity index (χ4v) is 2.12. The molecule has 1 aromatic rings. The van der Waals surface area contributed by atoms with Gasteiger partial charge in [0.1, 0.15) is 0 Å². The van der Waals surface area contributed by atoms with Crippen molar-refractivity contribution in [2.75, 3.05) is 18.0 Å². The molecule has 0 aliphatic carbocycles. The molecule has 0 aliphatic rings. The lowest BCUT2D eigenvalue weighted by atomic mass is 10.2. The number of carbonyl (C=O) groups excluding carboxylic acids is 2. The zero-order valence-corrected chi connectivity index (χ0v) is 13.4. The first-order valence-electron chi connectivity index (χ1n) is 7.35. The summed E-state index contributed by atoms with van der Waals surface area (Å²) < 4.78 is 0. The van der Waals surface area contributed by atoms with E-state index in [-0.39, 0.29) is 11.8 Å². The molecule has 1 N–H and O–H groups in total. The lowest BCUT2D eigenvalue weighted by Crippen LogP contribution is -2.34. The number of amides is 2. The Hall–Kier alpha value is -1.55. The van der Waals surface area contributed by atoms with Crippen molar-refractivity contribution >= 4 is 29.1 Å². The maximum absolute atomic E-state index is 11.7. The van der Waals surface area contributed by atoms with Crippen molar-refractivity contribution in [1.29, 1.82) is 0 Å². The molecule has 0 spiro atoms. The van der Waals surface area contributed by atoms with Crippen LogP contribution in [0.3, 0.4) is 0 Å². The van der Waals surface area contributed by atoms with Gasteiger partial charge in [-0.05, 0) is 30.7 Å². The molecular weight excluding hydrogens is 288 g/mol. The second-order valence-electron chi connectivity index (χ2n) is 4.95. The van der Waals surface area contributed by atoms with Crippen LogP contribution in [0.1, 0.15) is 39.5 Å². The van der Waals surface area contributed by atoms with Crippen LogP contribution < -0.4 is 10.2 Å². The quantitative estimate of drug-likeness (QED) is 0.748. The number of halogens is 1. The van der Waals surface area contributed by atoms with Crippen molar-refractivity contribution in [3.63, 3.8) is 0 Å². The van der Waals surface area contributed by atoms with Gasteiger partial charge in [-0.15, -0.1) is 0 Å². The molecule has 0 aliphatic heterocycles. The monoisotopic (exact) mass is 310 g/mol. The molecule has 0 saturated carbocycles. The van der Waals surface area contributed by atoms with Crippen LogP contribution in [0.25, 0.3) is 0 Å². The molecule has 0 atom stereocenters. The molecule has 0 unspecified atom stereocenters. The van der Waals surface area contributed by atoms with Crippen LogP contribution in [0.15, 0.2) is 24.3 Å². The number of hydrogen-bond donors (Lipinski definition) is 1. The van der Waals surface area contributed by atoms with Gasteiger partial charge in [0.15, 0.2) is 0 Å². The minimum Gasteiger partial charge on any atom is -0.356 e. The van der Waals surface area contributed by atoms with Crippen molar-refractivity contribution < 1.29 is 9.59 Å². The second kappa shape index (κ2) is 9.40. The Morgan fingerprint density at radius 3 is 2.43 bits per heavy atom. The molecule has 5 heteroatoms. The maximum Gasteiger partial charge on any atom is 0.223 e. The third kappa shape index (κ3) is 6.63. The van der Waals surface area contributed by atoms with E-state index in [0.29, 0.717) is 24.5 Å². The Bertz CT molecular complexity index is 460. The van der Waals surface area contributed by atoms with Gasteiger partial charge in [-0.25, -0.2) is 0 Å². The van der Waals surface area contributed by atoms with Gasteiger partial charge in [0.25, 0.3) is 0 Å². The second-order valence-corrected chi connectivity index (χ2v) is 5.39. The van der Waals surface area contributed by atoms with E-state index in [9.17, 15) is 9.59 Å². The SMILES string of the molecule is CCCCCNC(=O)CCN(C(C)=O)c1ccc(Cl)cc1. The first kappa shape index (κ1) is 17.5. The van der Waals surface area contributed by atoms with E-state index in [2.05, 4.69) is 12.2 Å². The molecule has 2 amide bonds. The summed E-state index contributed by atoms with van der Waals surface area (Å²) in [6.45, 7) is 4.69.